The number of aliphatic hydroxyl groups is 1. The SMILES string of the molecule is CCCCCCCCCCCCCCCCCCC(=O)O[C@H](COC(=O)CCC/C=C\C/C=C\C/C=C\C/C=C\C=C\[C@@H](O)CC)COP(=O)(O)O. The highest BCUT2D eigenvalue weighted by atomic mass is 31.2. The van der Waals surface area contributed by atoms with E-state index in [1.807, 2.05) is 37.3 Å². The van der Waals surface area contributed by atoms with Crippen molar-refractivity contribution in [3.8, 4) is 0 Å². The highest BCUT2D eigenvalue weighted by Gasteiger charge is 2.22. The van der Waals surface area contributed by atoms with E-state index >= 15 is 0 Å². The van der Waals surface area contributed by atoms with Gasteiger partial charge in [0.05, 0.1) is 12.7 Å². The van der Waals surface area contributed by atoms with E-state index in [9.17, 15) is 19.3 Å². The smallest absolute Gasteiger partial charge is 0.462 e. The van der Waals surface area contributed by atoms with Crippen LogP contribution in [-0.2, 0) is 28.2 Å². The molecule has 0 radical (unpaired) electrons. The van der Waals surface area contributed by atoms with Gasteiger partial charge in [-0.25, -0.2) is 4.57 Å². The number of phosphoric acid groups is 1. The summed E-state index contributed by atoms with van der Waals surface area (Å²) in [6.07, 6.45) is 43.2. The average Bonchev–Trinajstić information content (AvgIpc) is 3.11. The van der Waals surface area contributed by atoms with Gasteiger partial charge in [0.2, 0.25) is 0 Å². The number of esters is 2. The quantitative estimate of drug-likeness (QED) is 0.0187. The van der Waals surface area contributed by atoms with Crippen molar-refractivity contribution in [3.05, 3.63) is 60.8 Å². The number of rotatable bonds is 36. The Bertz CT molecular complexity index is 1040. The third kappa shape index (κ3) is 38.9. The fourth-order valence-corrected chi connectivity index (χ4v) is 5.66. The topological polar surface area (TPSA) is 140 Å². The summed E-state index contributed by atoms with van der Waals surface area (Å²) in [6, 6.07) is 0. The number of allylic oxidation sites excluding steroid dienone is 9. The molecule has 10 heteroatoms. The standard InChI is InChI=1S/C42H73O9P/c1-3-5-6-7-8-9-10-11-12-13-18-21-24-27-30-33-36-42(45)51-40(38-50-52(46,47)48)37-49-41(44)35-32-29-26-23-20-17-15-14-16-19-22-25-28-31-34-39(43)4-2/h15-17,19,23,25-26,28,31,34,39-40,43H,3-14,18,20-22,24,27,29-30,32-33,35-38H2,1-2H3,(H2,46,47,48)/b17-15-,19-16-,26-23-,28-25-,34-31+/t39-,40+/m0/s1. The van der Waals surface area contributed by atoms with Crippen LogP contribution < -0.4 is 0 Å². The summed E-state index contributed by atoms with van der Waals surface area (Å²) in [5.74, 6) is -0.972. The van der Waals surface area contributed by atoms with Crippen molar-refractivity contribution in [1.82, 2.24) is 0 Å². The molecule has 3 N–H and O–H groups in total. The van der Waals surface area contributed by atoms with Crippen LogP contribution in [0.15, 0.2) is 60.8 Å². The number of aliphatic hydroxyl groups excluding tert-OH is 1. The predicted octanol–water partition coefficient (Wildman–Crippen LogP) is 11.1. The van der Waals surface area contributed by atoms with Crippen molar-refractivity contribution in [2.45, 2.75) is 180 Å². The summed E-state index contributed by atoms with van der Waals surface area (Å²) in [5, 5.41) is 9.45. The van der Waals surface area contributed by atoms with E-state index < -0.39 is 32.5 Å². The van der Waals surface area contributed by atoms with Gasteiger partial charge in [0.15, 0.2) is 6.10 Å². The molecule has 0 aliphatic rings. The third-order valence-corrected chi connectivity index (χ3v) is 8.94. The molecule has 0 rings (SSSR count). The Balaban J connectivity index is 4.05. The minimum atomic E-state index is -4.77. The number of ether oxygens (including phenoxy) is 2. The molecule has 0 unspecified atom stereocenters. The minimum absolute atomic E-state index is 0.174. The van der Waals surface area contributed by atoms with E-state index in [1.165, 1.54) is 77.0 Å². The van der Waals surface area contributed by atoms with Gasteiger partial charge < -0.3 is 24.4 Å². The average molecular weight is 753 g/mol. The van der Waals surface area contributed by atoms with Crippen molar-refractivity contribution in [2.24, 2.45) is 0 Å². The molecule has 0 aliphatic heterocycles. The van der Waals surface area contributed by atoms with E-state index in [1.54, 1.807) is 6.08 Å². The van der Waals surface area contributed by atoms with Gasteiger partial charge >= 0.3 is 19.8 Å². The van der Waals surface area contributed by atoms with Gasteiger partial charge in [-0.1, -0.05) is 171 Å². The number of phosphoric ester groups is 1. The molecule has 0 aromatic rings. The Labute approximate surface area is 316 Å². The molecule has 0 spiro atoms. The van der Waals surface area contributed by atoms with Gasteiger partial charge in [-0.05, 0) is 44.9 Å². The lowest BCUT2D eigenvalue weighted by atomic mass is 10.0. The molecule has 0 aromatic heterocycles. The first-order valence-electron chi connectivity index (χ1n) is 20.2. The van der Waals surface area contributed by atoms with Crippen molar-refractivity contribution >= 4 is 19.8 Å². The third-order valence-electron chi connectivity index (χ3n) is 8.46. The lowest BCUT2D eigenvalue weighted by Gasteiger charge is -2.18. The molecule has 0 saturated carbocycles. The zero-order chi connectivity index (χ0) is 38.4. The molecular weight excluding hydrogens is 679 g/mol. The molecule has 9 nitrogen and oxygen atoms in total. The maximum Gasteiger partial charge on any atom is 0.469 e. The zero-order valence-corrected chi connectivity index (χ0v) is 33.4. The molecule has 0 bridgehead atoms. The number of hydrogen-bond acceptors (Lipinski definition) is 7. The first-order valence-corrected chi connectivity index (χ1v) is 21.7. The van der Waals surface area contributed by atoms with E-state index in [2.05, 4.69) is 35.8 Å². The Morgan fingerprint density at radius 1 is 0.596 bits per heavy atom. The van der Waals surface area contributed by atoms with Gasteiger partial charge in [-0.15, -0.1) is 0 Å². The minimum Gasteiger partial charge on any atom is -0.462 e. The summed E-state index contributed by atoms with van der Waals surface area (Å²) < 4.78 is 26.3. The van der Waals surface area contributed by atoms with Crippen molar-refractivity contribution in [3.63, 3.8) is 0 Å². The van der Waals surface area contributed by atoms with Gasteiger partial charge in [-0.3, -0.25) is 14.1 Å². The second-order valence-electron chi connectivity index (χ2n) is 13.4. The Morgan fingerprint density at radius 3 is 1.60 bits per heavy atom. The summed E-state index contributed by atoms with van der Waals surface area (Å²) in [6.45, 7) is 3.31. The zero-order valence-electron chi connectivity index (χ0n) is 32.6. The van der Waals surface area contributed by atoms with E-state index in [4.69, 9.17) is 19.3 Å². The summed E-state index contributed by atoms with van der Waals surface area (Å²) in [5.41, 5.74) is 0. The van der Waals surface area contributed by atoms with Crippen LogP contribution >= 0.6 is 7.82 Å². The molecule has 0 aromatic carbocycles. The first-order chi connectivity index (χ1) is 25.2. The Hall–Kier alpha value is -2.29. The van der Waals surface area contributed by atoms with Gasteiger partial charge in [0, 0.05) is 12.8 Å². The van der Waals surface area contributed by atoms with Crippen LogP contribution in [-0.4, -0.2) is 52.3 Å². The van der Waals surface area contributed by atoms with Crippen molar-refractivity contribution in [2.75, 3.05) is 13.2 Å². The summed E-state index contributed by atoms with van der Waals surface area (Å²) >= 11 is 0. The van der Waals surface area contributed by atoms with Gasteiger partial charge in [0.1, 0.15) is 6.61 Å². The number of carbonyl (C=O) groups excluding carboxylic acids is 2. The number of carbonyl (C=O) groups is 2. The fourth-order valence-electron chi connectivity index (χ4n) is 5.30. The Kier molecular flexibility index (Phi) is 35.4. The molecule has 0 heterocycles. The monoisotopic (exact) mass is 752 g/mol. The highest BCUT2D eigenvalue weighted by Crippen LogP contribution is 2.36. The molecule has 2 atom stereocenters. The normalized spacial score (nSPS) is 13.7. The van der Waals surface area contributed by atoms with Crippen molar-refractivity contribution in [1.29, 1.82) is 0 Å². The summed E-state index contributed by atoms with van der Waals surface area (Å²) in [7, 11) is -4.77. The maximum absolute atomic E-state index is 12.4. The van der Waals surface area contributed by atoms with Crippen LogP contribution in [0.3, 0.4) is 0 Å². The van der Waals surface area contributed by atoms with Crippen LogP contribution in [0.4, 0.5) is 0 Å². The first kappa shape index (κ1) is 49.7. The molecule has 0 fully saturated rings. The molecule has 0 amide bonds. The molecule has 300 valence electrons. The van der Waals surface area contributed by atoms with Crippen molar-refractivity contribution < 1.29 is 43.0 Å². The van der Waals surface area contributed by atoms with Crippen LogP contribution in [0.1, 0.15) is 168 Å². The van der Waals surface area contributed by atoms with Crippen LogP contribution in [0.25, 0.3) is 0 Å². The highest BCUT2D eigenvalue weighted by molar-refractivity contribution is 7.46. The van der Waals surface area contributed by atoms with Gasteiger partial charge in [-0.2, -0.15) is 0 Å². The second-order valence-corrected chi connectivity index (χ2v) is 14.7. The van der Waals surface area contributed by atoms with Crippen LogP contribution in [0.5, 0.6) is 0 Å². The van der Waals surface area contributed by atoms with E-state index in [-0.39, 0.29) is 25.6 Å². The second kappa shape index (κ2) is 37.0. The van der Waals surface area contributed by atoms with Crippen LogP contribution in [0.2, 0.25) is 0 Å². The van der Waals surface area contributed by atoms with Gasteiger partial charge in [0.25, 0.3) is 0 Å². The largest absolute Gasteiger partial charge is 0.469 e. The Morgan fingerprint density at radius 2 is 1.08 bits per heavy atom. The lowest BCUT2D eigenvalue weighted by molar-refractivity contribution is -0.161. The van der Waals surface area contributed by atoms with E-state index in [0.29, 0.717) is 25.7 Å². The van der Waals surface area contributed by atoms with E-state index in [0.717, 1.165) is 38.5 Å². The summed E-state index contributed by atoms with van der Waals surface area (Å²) in [4.78, 5) is 42.8. The molecular formula is C42H73O9P. The fraction of sp³-hybridized carbons (Fsp3) is 0.714. The number of hydrogen-bond donors (Lipinski definition) is 3. The predicted molar refractivity (Wildman–Crippen MR) is 213 cm³/mol. The molecule has 0 saturated heterocycles. The number of unbranched alkanes of at least 4 members (excludes halogenated alkanes) is 16. The molecule has 0 aliphatic carbocycles. The maximum atomic E-state index is 12.4. The molecule has 52 heavy (non-hydrogen) atoms. The lowest BCUT2D eigenvalue weighted by Crippen LogP contribution is -2.29. The van der Waals surface area contributed by atoms with Crippen LogP contribution in [0, 0.1) is 0 Å².